The van der Waals surface area contributed by atoms with Crippen molar-refractivity contribution in [3.63, 3.8) is 0 Å². The van der Waals surface area contributed by atoms with E-state index in [0.29, 0.717) is 11.8 Å². The van der Waals surface area contributed by atoms with Gasteiger partial charge in [-0.2, -0.15) is 13.2 Å². The molecule has 0 aromatic heterocycles. The second-order valence-electron chi connectivity index (χ2n) is 6.81. The monoisotopic (exact) mass is 393 g/mol. The first-order valence-corrected chi connectivity index (χ1v) is 8.79. The second-order valence-corrected chi connectivity index (χ2v) is 6.81. The largest absolute Gasteiger partial charge is 0.449 e. The molecule has 2 aromatic carbocycles. The lowest BCUT2D eigenvalue weighted by atomic mass is 9.98. The Labute approximate surface area is 161 Å². The van der Waals surface area contributed by atoms with Gasteiger partial charge in [0.1, 0.15) is 0 Å². The van der Waals surface area contributed by atoms with Crippen molar-refractivity contribution in [3.8, 4) is 0 Å². The van der Waals surface area contributed by atoms with Crippen molar-refractivity contribution in [2.24, 2.45) is 0 Å². The molecule has 1 N–H and O–H groups in total. The van der Waals surface area contributed by atoms with Gasteiger partial charge in [0.15, 0.2) is 6.10 Å². The maximum Gasteiger partial charge on any atom is 0.416 e. The Bertz CT molecular complexity index is 875. The van der Waals surface area contributed by atoms with E-state index in [2.05, 4.69) is 5.32 Å². The van der Waals surface area contributed by atoms with Gasteiger partial charge in [-0.15, -0.1) is 0 Å². The Balaban J connectivity index is 2.12. The molecule has 7 heteroatoms. The molecule has 0 aliphatic carbocycles. The van der Waals surface area contributed by atoms with Crippen molar-refractivity contribution in [1.82, 2.24) is 0 Å². The minimum atomic E-state index is -4.57. The zero-order chi connectivity index (χ0) is 21.1. The third-order valence-electron chi connectivity index (χ3n) is 4.25. The Morgan fingerprint density at radius 2 is 1.68 bits per heavy atom. The number of halogens is 3. The Kier molecular flexibility index (Phi) is 6.48. The SMILES string of the molecule is Cc1cccc(C(C)C)c1NC(=O)[C@H](C)OC(=O)c1cccc(C(F)(F)F)c1. The summed E-state index contributed by atoms with van der Waals surface area (Å²) in [6.45, 7) is 7.19. The number of esters is 1. The van der Waals surface area contributed by atoms with Crippen molar-refractivity contribution in [1.29, 1.82) is 0 Å². The van der Waals surface area contributed by atoms with Crippen LogP contribution in [0.1, 0.15) is 53.7 Å². The summed E-state index contributed by atoms with van der Waals surface area (Å²) in [5.41, 5.74) is 1.21. The highest BCUT2D eigenvalue weighted by Gasteiger charge is 2.31. The van der Waals surface area contributed by atoms with Gasteiger partial charge in [-0.25, -0.2) is 4.79 Å². The van der Waals surface area contributed by atoms with Crippen molar-refractivity contribution in [3.05, 3.63) is 64.7 Å². The lowest BCUT2D eigenvalue weighted by molar-refractivity contribution is -0.137. The lowest BCUT2D eigenvalue weighted by Gasteiger charge is -2.19. The number of alkyl halides is 3. The molecule has 0 spiro atoms. The van der Waals surface area contributed by atoms with Crippen LogP contribution in [0.25, 0.3) is 0 Å². The fourth-order valence-corrected chi connectivity index (χ4v) is 2.67. The van der Waals surface area contributed by atoms with E-state index in [1.54, 1.807) is 0 Å². The first kappa shape index (κ1) is 21.5. The molecule has 1 amide bonds. The van der Waals surface area contributed by atoms with Gasteiger partial charge in [-0.05, 0) is 49.1 Å². The summed E-state index contributed by atoms with van der Waals surface area (Å²) in [7, 11) is 0. The number of rotatable bonds is 5. The van der Waals surface area contributed by atoms with E-state index in [-0.39, 0.29) is 11.5 Å². The molecule has 28 heavy (non-hydrogen) atoms. The van der Waals surface area contributed by atoms with Gasteiger partial charge in [0.25, 0.3) is 5.91 Å². The molecule has 1 atom stereocenters. The van der Waals surface area contributed by atoms with Crippen LogP contribution in [0.5, 0.6) is 0 Å². The topological polar surface area (TPSA) is 55.4 Å². The smallest absolute Gasteiger partial charge is 0.416 e. The van der Waals surface area contributed by atoms with Crippen molar-refractivity contribution >= 4 is 17.6 Å². The Hall–Kier alpha value is -2.83. The molecule has 2 aromatic rings. The van der Waals surface area contributed by atoms with Gasteiger partial charge >= 0.3 is 12.1 Å². The number of amides is 1. The van der Waals surface area contributed by atoms with Gasteiger partial charge in [-0.1, -0.05) is 38.1 Å². The number of ether oxygens (including phenoxy) is 1. The zero-order valence-electron chi connectivity index (χ0n) is 16.1. The number of para-hydroxylation sites is 1. The molecule has 0 bridgehead atoms. The molecule has 0 radical (unpaired) electrons. The molecule has 0 aliphatic heterocycles. The van der Waals surface area contributed by atoms with E-state index in [0.717, 1.165) is 23.3 Å². The third-order valence-corrected chi connectivity index (χ3v) is 4.25. The van der Waals surface area contributed by atoms with E-state index in [1.165, 1.54) is 13.0 Å². The highest BCUT2D eigenvalue weighted by molar-refractivity contribution is 5.98. The molecule has 2 rings (SSSR count). The van der Waals surface area contributed by atoms with Crippen LogP contribution in [0.2, 0.25) is 0 Å². The van der Waals surface area contributed by atoms with Crippen LogP contribution in [0.3, 0.4) is 0 Å². The maximum absolute atomic E-state index is 12.8. The van der Waals surface area contributed by atoms with Crippen LogP contribution in [-0.2, 0) is 15.7 Å². The molecule has 150 valence electrons. The maximum atomic E-state index is 12.8. The Morgan fingerprint density at radius 1 is 1.04 bits per heavy atom. The first-order valence-electron chi connectivity index (χ1n) is 8.79. The summed E-state index contributed by atoms with van der Waals surface area (Å²) < 4.78 is 43.4. The molecular formula is C21H22F3NO3. The predicted molar refractivity (Wildman–Crippen MR) is 100 cm³/mol. The van der Waals surface area contributed by atoms with Gasteiger partial charge in [0.05, 0.1) is 11.1 Å². The quantitative estimate of drug-likeness (QED) is 0.700. The summed E-state index contributed by atoms with van der Waals surface area (Å²) >= 11 is 0. The van der Waals surface area contributed by atoms with Crippen molar-refractivity contribution in [2.75, 3.05) is 5.32 Å². The molecule has 0 saturated heterocycles. The molecular weight excluding hydrogens is 371 g/mol. The average Bonchev–Trinajstić information content (AvgIpc) is 2.62. The normalized spacial score (nSPS) is 12.6. The fourth-order valence-electron chi connectivity index (χ4n) is 2.67. The molecule has 0 aliphatic rings. The highest BCUT2D eigenvalue weighted by atomic mass is 19.4. The molecule has 0 heterocycles. The van der Waals surface area contributed by atoms with Crippen LogP contribution in [0, 0.1) is 6.92 Å². The van der Waals surface area contributed by atoms with Crippen molar-refractivity contribution in [2.45, 2.75) is 45.9 Å². The van der Waals surface area contributed by atoms with Gasteiger partial charge in [0.2, 0.25) is 0 Å². The summed E-state index contributed by atoms with van der Waals surface area (Å²) in [6.07, 6.45) is -5.75. The van der Waals surface area contributed by atoms with Crippen LogP contribution in [0.4, 0.5) is 18.9 Å². The number of anilines is 1. The van der Waals surface area contributed by atoms with Gasteiger partial charge in [0, 0.05) is 5.69 Å². The zero-order valence-corrected chi connectivity index (χ0v) is 16.1. The predicted octanol–water partition coefficient (Wildman–Crippen LogP) is 5.32. The van der Waals surface area contributed by atoms with E-state index >= 15 is 0 Å². The minimum absolute atomic E-state index is 0.165. The molecule has 0 saturated carbocycles. The number of hydrogen-bond donors (Lipinski definition) is 1. The summed E-state index contributed by atoms with van der Waals surface area (Å²) in [6, 6.07) is 9.52. The van der Waals surface area contributed by atoms with E-state index in [1.807, 2.05) is 39.0 Å². The van der Waals surface area contributed by atoms with Crippen LogP contribution < -0.4 is 5.32 Å². The second kappa shape index (κ2) is 8.46. The number of nitrogens with one attached hydrogen (secondary N) is 1. The van der Waals surface area contributed by atoms with Crippen LogP contribution in [-0.4, -0.2) is 18.0 Å². The number of carbonyl (C=O) groups is 2. The van der Waals surface area contributed by atoms with Gasteiger partial charge in [-0.3, -0.25) is 4.79 Å². The number of carbonyl (C=O) groups excluding carboxylic acids is 2. The molecule has 0 unspecified atom stereocenters. The summed E-state index contributed by atoms with van der Waals surface area (Å²) in [5, 5.41) is 2.76. The van der Waals surface area contributed by atoms with Crippen LogP contribution in [0.15, 0.2) is 42.5 Å². The van der Waals surface area contributed by atoms with E-state index in [4.69, 9.17) is 4.74 Å². The van der Waals surface area contributed by atoms with Gasteiger partial charge < -0.3 is 10.1 Å². The van der Waals surface area contributed by atoms with E-state index in [9.17, 15) is 22.8 Å². The standard InChI is InChI=1S/C21H22F3NO3/c1-12(2)17-10-5-7-13(3)18(17)25-19(26)14(4)28-20(27)15-8-6-9-16(11-15)21(22,23)24/h5-12,14H,1-4H3,(H,25,26)/t14-/m0/s1. The summed E-state index contributed by atoms with van der Waals surface area (Å²) in [4.78, 5) is 24.6. The lowest BCUT2D eigenvalue weighted by Crippen LogP contribution is -2.30. The summed E-state index contributed by atoms with van der Waals surface area (Å²) in [5.74, 6) is -1.39. The average molecular weight is 393 g/mol. The van der Waals surface area contributed by atoms with Crippen molar-refractivity contribution < 1.29 is 27.5 Å². The minimum Gasteiger partial charge on any atom is -0.449 e. The fraction of sp³-hybridized carbons (Fsp3) is 0.333. The highest BCUT2D eigenvalue weighted by Crippen LogP contribution is 2.30. The van der Waals surface area contributed by atoms with E-state index < -0.39 is 29.7 Å². The number of hydrogen-bond acceptors (Lipinski definition) is 3. The molecule has 4 nitrogen and oxygen atoms in total. The molecule has 0 fully saturated rings. The third kappa shape index (κ3) is 5.12. The Morgan fingerprint density at radius 3 is 2.29 bits per heavy atom. The van der Waals surface area contributed by atoms with Crippen LogP contribution >= 0.6 is 0 Å². The first-order chi connectivity index (χ1) is 13.0. The number of aryl methyl sites for hydroxylation is 1. The number of benzene rings is 2.